The van der Waals surface area contributed by atoms with E-state index in [1.165, 1.54) is 5.56 Å². The Labute approximate surface area is 121 Å². The topological polar surface area (TPSA) is 55.6 Å². The van der Waals surface area contributed by atoms with Gasteiger partial charge in [-0.05, 0) is 12.5 Å². The van der Waals surface area contributed by atoms with Crippen LogP contribution in [0.4, 0.5) is 0 Å². The monoisotopic (exact) mass is 286 g/mol. The molecule has 0 heterocycles. The third kappa shape index (κ3) is 6.05. The number of rotatable bonds is 6. The summed E-state index contributed by atoms with van der Waals surface area (Å²) >= 11 is 0. The van der Waals surface area contributed by atoms with Gasteiger partial charge in [-0.2, -0.15) is 0 Å². The molecule has 19 heavy (non-hydrogen) atoms. The molecule has 1 atom stereocenters. The summed E-state index contributed by atoms with van der Waals surface area (Å²) in [4.78, 5) is 13.6. The van der Waals surface area contributed by atoms with Crippen LogP contribution in [0.1, 0.15) is 17.5 Å². The van der Waals surface area contributed by atoms with E-state index in [1.807, 2.05) is 31.2 Å². The molecule has 0 aliphatic rings. The fraction of sp³-hybridized carbons (Fsp3) is 0.500. The van der Waals surface area contributed by atoms with Gasteiger partial charge in [-0.15, -0.1) is 12.4 Å². The second kappa shape index (κ2) is 8.91. The lowest BCUT2D eigenvalue weighted by Crippen LogP contribution is -2.33. The zero-order valence-corrected chi connectivity index (χ0v) is 12.6. The maximum absolute atomic E-state index is 11.9. The Hall–Kier alpha value is -1.10. The third-order valence-corrected chi connectivity index (χ3v) is 2.96. The first-order valence-corrected chi connectivity index (χ1v) is 6.09. The number of nitrogens with two attached hydrogens (primary N) is 1. The first-order valence-electron chi connectivity index (χ1n) is 6.09. The lowest BCUT2D eigenvalue weighted by molar-refractivity contribution is -0.132. The van der Waals surface area contributed by atoms with Crippen LogP contribution in [0.25, 0.3) is 0 Å². The largest absolute Gasteiger partial charge is 0.380 e. The molecule has 1 aromatic rings. The standard InChI is InChI=1S/C14H22N2O2.ClH/c1-11-4-6-12(7-5-11)10-16(2)14(17)8-13(9-15)18-3;/h4-7,13H,8-10,15H2,1-3H3;1H. The summed E-state index contributed by atoms with van der Waals surface area (Å²) in [6.07, 6.45) is 0.132. The van der Waals surface area contributed by atoms with E-state index in [2.05, 4.69) is 0 Å². The molecule has 1 amide bonds. The highest BCUT2D eigenvalue weighted by Gasteiger charge is 2.15. The fourth-order valence-electron chi connectivity index (χ4n) is 1.67. The molecule has 0 radical (unpaired) electrons. The van der Waals surface area contributed by atoms with Gasteiger partial charge in [0.15, 0.2) is 0 Å². The highest BCUT2D eigenvalue weighted by atomic mass is 35.5. The zero-order chi connectivity index (χ0) is 13.5. The Morgan fingerprint density at radius 3 is 2.42 bits per heavy atom. The van der Waals surface area contributed by atoms with Crippen molar-refractivity contribution >= 4 is 18.3 Å². The number of benzene rings is 1. The smallest absolute Gasteiger partial charge is 0.225 e. The highest BCUT2D eigenvalue weighted by molar-refractivity contribution is 5.85. The van der Waals surface area contributed by atoms with Crippen LogP contribution in [-0.4, -0.2) is 37.6 Å². The lowest BCUT2D eigenvalue weighted by Gasteiger charge is -2.20. The number of carbonyl (C=O) groups is 1. The van der Waals surface area contributed by atoms with Gasteiger partial charge in [-0.3, -0.25) is 4.79 Å². The normalized spacial score (nSPS) is 11.6. The number of carbonyl (C=O) groups excluding carboxylic acids is 1. The van der Waals surface area contributed by atoms with Crippen LogP contribution in [-0.2, 0) is 16.1 Å². The molecule has 0 fully saturated rings. The van der Waals surface area contributed by atoms with Crippen molar-refractivity contribution in [2.75, 3.05) is 20.7 Å². The molecule has 0 aliphatic heterocycles. The molecular formula is C14H23ClN2O2. The molecule has 0 spiro atoms. The molecule has 0 aromatic heterocycles. The predicted molar refractivity (Wildman–Crippen MR) is 79.4 cm³/mol. The Kier molecular flexibility index (Phi) is 8.39. The van der Waals surface area contributed by atoms with Gasteiger partial charge in [0.2, 0.25) is 5.91 Å². The van der Waals surface area contributed by atoms with Crippen LogP contribution < -0.4 is 5.73 Å². The molecule has 0 bridgehead atoms. The molecule has 0 saturated carbocycles. The van der Waals surface area contributed by atoms with Crippen molar-refractivity contribution in [2.24, 2.45) is 5.73 Å². The first-order chi connectivity index (χ1) is 8.56. The number of ether oxygens (including phenoxy) is 1. The number of nitrogens with zero attached hydrogens (tertiary/aromatic N) is 1. The number of halogens is 1. The second-order valence-electron chi connectivity index (χ2n) is 4.53. The molecule has 0 aliphatic carbocycles. The average Bonchev–Trinajstić information content (AvgIpc) is 2.38. The highest BCUT2D eigenvalue weighted by Crippen LogP contribution is 2.08. The van der Waals surface area contributed by atoms with Gasteiger partial charge < -0.3 is 15.4 Å². The molecule has 2 N–H and O–H groups in total. The average molecular weight is 287 g/mol. The van der Waals surface area contributed by atoms with Crippen molar-refractivity contribution in [1.82, 2.24) is 4.90 Å². The van der Waals surface area contributed by atoms with E-state index in [0.717, 1.165) is 5.56 Å². The number of hydrogen-bond acceptors (Lipinski definition) is 3. The van der Waals surface area contributed by atoms with E-state index < -0.39 is 0 Å². The summed E-state index contributed by atoms with van der Waals surface area (Å²) < 4.78 is 5.11. The van der Waals surface area contributed by atoms with Gasteiger partial charge in [0.25, 0.3) is 0 Å². The SMILES string of the molecule is COC(CN)CC(=O)N(C)Cc1ccc(C)cc1.Cl. The van der Waals surface area contributed by atoms with E-state index >= 15 is 0 Å². The predicted octanol–water partition coefficient (Wildman–Crippen LogP) is 1.74. The number of methoxy groups -OCH3 is 1. The van der Waals surface area contributed by atoms with Crippen molar-refractivity contribution in [1.29, 1.82) is 0 Å². The molecule has 1 unspecified atom stereocenters. The van der Waals surface area contributed by atoms with Crippen molar-refractivity contribution in [3.63, 3.8) is 0 Å². The zero-order valence-electron chi connectivity index (χ0n) is 11.8. The minimum Gasteiger partial charge on any atom is -0.380 e. The summed E-state index contributed by atoms with van der Waals surface area (Å²) in [5.74, 6) is 0.0490. The Balaban J connectivity index is 0.00000324. The van der Waals surface area contributed by atoms with Crippen LogP contribution >= 0.6 is 12.4 Å². The van der Waals surface area contributed by atoms with Gasteiger partial charge >= 0.3 is 0 Å². The summed E-state index contributed by atoms with van der Waals surface area (Å²) in [5.41, 5.74) is 7.85. The maximum Gasteiger partial charge on any atom is 0.225 e. The van der Waals surface area contributed by atoms with Crippen molar-refractivity contribution in [2.45, 2.75) is 26.0 Å². The molecule has 0 saturated heterocycles. The summed E-state index contributed by atoms with van der Waals surface area (Å²) in [6.45, 7) is 3.02. The van der Waals surface area contributed by atoms with E-state index in [4.69, 9.17) is 10.5 Å². The molecule has 108 valence electrons. The van der Waals surface area contributed by atoms with Crippen LogP contribution in [0, 0.1) is 6.92 Å². The molecular weight excluding hydrogens is 264 g/mol. The maximum atomic E-state index is 11.9. The molecule has 4 nitrogen and oxygen atoms in total. The van der Waals surface area contributed by atoms with Gasteiger partial charge in [0, 0.05) is 27.2 Å². The van der Waals surface area contributed by atoms with Gasteiger partial charge in [-0.1, -0.05) is 29.8 Å². The molecule has 1 aromatic carbocycles. The Morgan fingerprint density at radius 2 is 1.95 bits per heavy atom. The van der Waals surface area contributed by atoms with Gasteiger partial charge in [0.1, 0.15) is 0 Å². The lowest BCUT2D eigenvalue weighted by atomic mass is 10.1. The van der Waals surface area contributed by atoms with Crippen LogP contribution in [0.15, 0.2) is 24.3 Å². The number of hydrogen-bond donors (Lipinski definition) is 1. The minimum atomic E-state index is -0.196. The van der Waals surface area contributed by atoms with Crippen molar-refractivity contribution in [3.05, 3.63) is 35.4 Å². The van der Waals surface area contributed by atoms with E-state index in [0.29, 0.717) is 19.5 Å². The number of aryl methyl sites for hydroxylation is 1. The van der Waals surface area contributed by atoms with Crippen molar-refractivity contribution in [3.8, 4) is 0 Å². The van der Waals surface area contributed by atoms with Crippen LogP contribution in [0.5, 0.6) is 0 Å². The second-order valence-corrected chi connectivity index (χ2v) is 4.53. The van der Waals surface area contributed by atoms with Crippen molar-refractivity contribution < 1.29 is 9.53 Å². The van der Waals surface area contributed by atoms with Gasteiger partial charge in [0.05, 0.1) is 12.5 Å². The minimum absolute atomic E-state index is 0. The van der Waals surface area contributed by atoms with E-state index in [9.17, 15) is 4.79 Å². The van der Waals surface area contributed by atoms with Crippen LogP contribution in [0.3, 0.4) is 0 Å². The fourth-order valence-corrected chi connectivity index (χ4v) is 1.67. The molecule has 1 rings (SSSR count). The van der Waals surface area contributed by atoms with Gasteiger partial charge in [-0.25, -0.2) is 0 Å². The first kappa shape index (κ1) is 17.9. The third-order valence-electron chi connectivity index (χ3n) is 2.96. The summed E-state index contributed by atoms with van der Waals surface area (Å²) in [5, 5.41) is 0. The Morgan fingerprint density at radius 1 is 1.37 bits per heavy atom. The van der Waals surface area contributed by atoms with E-state index in [-0.39, 0.29) is 24.4 Å². The quantitative estimate of drug-likeness (QED) is 0.867. The summed E-state index contributed by atoms with van der Waals surface area (Å²) in [7, 11) is 3.37. The van der Waals surface area contributed by atoms with E-state index in [1.54, 1.807) is 19.1 Å². The molecule has 5 heteroatoms. The number of amides is 1. The van der Waals surface area contributed by atoms with Crippen LogP contribution in [0.2, 0.25) is 0 Å². The summed E-state index contributed by atoms with van der Waals surface area (Å²) in [6, 6.07) is 8.17. The Bertz CT molecular complexity index is 378.